The van der Waals surface area contributed by atoms with Crippen LogP contribution in [0.3, 0.4) is 0 Å². The Morgan fingerprint density at radius 2 is 1.62 bits per heavy atom. The average molecular weight is 902 g/mol. The number of imide groups is 2. The van der Waals surface area contributed by atoms with Gasteiger partial charge in [0.2, 0.25) is 11.8 Å². The van der Waals surface area contributed by atoms with Gasteiger partial charge in [0.1, 0.15) is 11.9 Å². The number of piperidine rings is 3. The molecule has 4 amide bonds. The van der Waals surface area contributed by atoms with Crippen molar-refractivity contribution in [2.24, 2.45) is 11.3 Å². The van der Waals surface area contributed by atoms with Crippen LogP contribution in [0.1, 0.15) is 77.6 Å². The van der Waals surface area contributed by atoms with E-state index in [0.717, 1.165) is 62.4 Å². The van der Waals surface area contributed by atoms with Crippen LogP contribution in [0.25, 0.3) is 22.4 Å². The number of fused-ring (bicyclic) bond motifs is 2. The van der Waals surface area contributed by atoms with Gasteiger partial charge in [-0.3, -0.25) is 34.1 Å². The number of carbonyl (C=O) groups is 4. The fourth-order valence-electron chi connectivity index (χ4n) is 9.63. The van der Waals surface area contributed by atoms with E-state index >= 15 is 0 Å². The number of nitrogens with zero attached hydrogens (tertiary/aromatic N) is 4. The molecule has 1 unspecified atom stereocenters. The van der Waals surface area contributed by atoms with E-state index in [0.29, 0.717) is 37.5 Å². The molecule has 0 radical (unpaired) electrons. The number of halogens is 5. The summed E-state index contributed by atoms with van der Waals surface area (Å²) in [5.41, 5.74) is 0.842. The first kappa shape index (κ1) is 41.6. The molecule has 1 atom stereocenters. The van der Waals surface area contributed by atoms with Crippen molar-refractivity contribution in [1.82, 2.24) is 29.4 Å². The van der Waals surface area contributed by atoms with E-state index in [1.807, 2.05) is 0 Å². The highest BCUT2D eigenvalue weighted by atomic mass is 35.5. The van der Waals surface area contributed by atoms with Crippen molar-refractivity contribution in [1.29, 1.82) is 0 Å². The number of anilines is 2. The third-order valence-corrected chi connectivity index (χ3v) is 14.9. The van der Waals surface area contributed by atoms with Gasteiger partial charge >= 0.3 is 16.4 Å². The van der Waals surface area contributed by atoms with Gasteiger partial charge in [-0.25, -0.2) is 4.98 Å². The fourth-order valence-corrected chi connectivity index (χ4v) is 11.3. The van der Waals surface area contributed by atoms with E-state index in [-0.39, 0.29) is 73.6 Å². The molecule has 9 rings (SSSR count). The van der Waals surface area contributed by atoms with E-state index in [2.05, 4.69) is 30.2 Å². The summed E-state index contributed by atoms with van der Waals surface area (Å²) in [4.78, 5) is 61.7. The number of hydrogen-bond donors (Lipinski definition) is 4. The molecule has 4 fully saturated rings. The van der Waals surface area contributed by atoms with Crippen LogP contribution in [0.2, 0.25) is 10.0 Å². The number of imidazole rings is 1. The molecular formula is C41H41Cl2F3N8O6S. The summed E-state index contributed by atoms with van der Waals surface area (Å²) >= 11 is 12.4. The number of H-pyrrole nitrogens is 1. The normalized spacial score (nSPS) is 21.9. The molecule has 5 aliphatic rings. The molecule has 1 saturated carbocycles. The van der Waals surface area contributed by atoms with Gasteiger partial charge in [0.25, 0.3) is 11.8 Å². The van der Waals surface area contributed by atoms with Crippen molar-refractivity contribution in [2.45, 2.75) is 69.6 Å². The van der Waals surface area contributed by atoms with E-state index < -0.39 is 51.6 Å². The lowest BCUT2D eigenvalue weighted by molar-refractivity contribution is -0.138. The Morgan fingerprint density at radius 1 is 0.885 bits per heavy atom. The zero-order valence-electron chi connectivity index (χ0n) is 32.6. The fraction of sp³-hybridized carbons (Fsp3) is 0.439. The minimum atomic E-state index is -4.63. The number of carbonyl (C=O) groups excluding carboxylic acids is 4. The van der Waals surface area contributed by atoms with Crippen LogP contribution < -0.4 is 15.4 Å². The predicted molar refractivity (Wildman–Crippen MR) is 221 cm³/mol. The van der Waals surface area contributed by atoms with Gasteiger partial charge in [0.05, 0.1) is 38.4 Å². The summed E-state index contributed by atoms with van der Waals surface area (Å²) in [6, 6.07) is 10.3. The first-order valence-electron chi connectivity index (χ1n) is 20.1. The van der Waals surface area contributed by atoms with Crippen molar-refractivity contribution in [3.8, 4) is 11.4 Å². The van der Waals surface area contributed by atoms with Gasteiger partial charge in [0.15, 0.2) is 0 Å². The number of likely N-dealkylation sites (tertiary alicyclic amines) is 1. The van der Waals surface area contributed by atoms with Crippen LogP contribution in [0, 0.1) is 11.3 Å². The summed E-state index contributed by atoms with van der Waals surface area (Å²) in [5, 5.41) is 5.82. The highest BCUT2D eigenvalue weighted by Gasteiger charge is 2.49. The number of alkyl halides is 3. The number of rotatable bonds is 9. The molecule has 322 valence electrons. The molecule has 1 spiro atoms. The molecular weight excluding hydrogens is 860 g/mol. The molecule has 4 N–H and O–H groups in total. The molecule has 20 heteroatoms. The first-order chi connectivity index (χ1) is 29.0. The van der Waals surface area contributed by atoms with Crippen molar-refractivity contribution in [3.05, 3.63) is 75.3 Å². The summed E-state index contributed by atoms with van der Waals surface area (Å²) in [5.74, 6) is -1.72. The highest BCUT2D eigenvalue weighted by molar-refractivity contribution is 7.90. The van der Waals surface area contributed by atoms with Gasteiger partial charge in [-0.15, -0.1) is 0 Å². The number of benzene rings is 3. The van der Waals surface area contributed by atoms with Crippen LogP contribution in [-0.4, -0.2) is 101 Å². The minimum Gasteiger partial charge on any atom is -0.382 e. The maximum Gasteiger partial charge on any atom is 0.416 e. The van der Waals surface area contributed by atoms with Crippen LogP contribution in [-0.2, 0) is 26.0 Å². The Hall–Kier alpha value is -4.75. The molecule has 61 heavy (non-hydrogen) atoms. The first-order valence-corrected chi connectivity index (χ1v) is 22.3. The van der Waals surface area contributed by atoms with Gasteiger partial charge in [0, 0.05) is 48.4 Å². The lowest BCUT2D eigenvalue weighted by atomic mass is 9.60. The van der Waals surface area contributed by atoms with Gasteiger partial charge in [-0.1, -0.05) is 29.3 Å². The van der Waals surface area contributed by atoms with E-state index in [9.17, 15) is 40.8 Å². The van der Waals surface area contributed by atoms with Crippen molar-refractivity contribution in [3.63, 3.8) is 0 Å². The zero-order valence-corrected chi connectivity index (χ0v) is 34.9. The lowest BCUT2D eigenvalue weighted by Crippen LogP contribution is -2.54. The van der Waals surface area contributed by atoms with Gasteiger partial charge in [-0.2, -0.15) is 25.9 Å². The second-order valence-corrected chi connectivity index (χ2v) is 19.3. The molecule has 14 nitrogen and oxygen atoms in total. The Bertz CT molecular complexity index is 2580. The van der Waals surface area contributed by atoms with Crippen LogP contribution in [0.15, 0.2) is 48.5 Å². The van der Waals surface area contributed by atoms with E-state index in [4.69, 9.17) is 23.2 Å². The minimum absolute atomic E-state index is 0.0320. The van der Waals surface area contributed by atoms with Crippen molar-refractivity contribution < 1.29 is 40.8 Å². The number of nitrogens with one attached hydrogen (secondary N) is 4. The number of hydrogen-bond acceptors (Lipinski definition) is 9. The Kier molecular flexibility index (Phi) is 10.6. The van der Waals surface area contributed by atoms with Crippen LogP contribution >= 0.6 is 23.2 Å². The summed E-state index contributed by atoms with van der Waals surface area (Å²) in [7, 11) is -4.02. The predicted octanol–water partition coefficient (Wildman–Crippen LogP) is 6.68. The van der Waals surface area contributed by atoms with E-state index in [1.54, 1.807) is 18.2 Å². The second-order valence-electron chi connectivity index (χ2n) is 16.8. The van der Waals surface area contributed by atoms with E-state index in [1.165, 1.54) is 22.5 Å². The maximum absolute atomic E-state index is 13.7. The summed E-state index contributed by atoms with van der Waals surface area (Å²) in [6.45, 7) is 3.34. The average Bonchev–Trinajstić information content (AvgIpc) is 3.74. The Balaban J connectivity index is 0.764. The molecule has 1 aromatic heterocycles. The monoisotopic (exact) mass is 900 g/mol. The molecule has 3 aromatic carbocycles. The third-order valence-electron chi connectivity index (χ3n) is 12.9. The van der Waals surface area contributed by atoms with Crippen molar-refractivity contribution in [2.75, 3.05) is 42.8 Å². The Labute approximate surface area is 358 Å². The smallest absolute Gasteiger partial charge is 0.382 e. The molecule has 4 aromatic rings. The van der Waals surface area contributed by atoms with Crippen LogP contribution in [0.5, 0.6) is 0 Å². The number of amides is 4. The number of aromatic amines is 1. The topological polar surface area (TPSA) is 177 Å². The zero-order chi connectivity index (χ0) is 43.0. The molecule has 3 saturated heterocycles. The molecule has 4 aliphatic heterocycles. The third kappa shape index (κ3) is 7.96. The Morgan fingerprint density at radius 3 is 2.33 bits per heavy atom. The highest BCUT2D eigenvalue weighted by Crippen LogP contribution is 2.51. The quantitative estimate of drug-likeness (QED) is 0.134. The SMILES string of the molecule is O=C1CCC(N2C(=O)c3cccc(NC4CC5(CCN(CC6CCN(S(=O)(=O)Nc7ccc(Cl)cc7-c7nc8cc(C(F)(F)F)cc(Cl)c8[nH]7)CC6)CC5)C4)c3C2=O)C(=O)N1. The molecule has 5 heterocycles. The lowest BCUT2D eigenvalue weighted by Gasteiger charge is -2.53. The standard InChI is InChI=1S/C41H41Cl2F3N8O6S/c42-24-4-5-29(27(18-24)36-48-31-17-23(41(44,45)46)16-28(43)35(31)50-36)51-61(59,60)53-12-8-22(9-13-53)21-52-14-10-40(11-15-52)19-25(20-40)47-30-3-1-2-26-34(30)39(58)54(38(26)57)32-6-7-33(55)49-37(32)56/h1-5,16-18,22,25,32,47,51H,6-15,19-21H2,(H,48,50)(H,49,55,56). The molecule has 1 aliphatic carbocycles. The van der Waals surface area contributed by atoms with Gasteiger partial charge < -0.3 is 15.2 Å². The van der Waals surface area contributed by atoms with Crippen molar-refractivity contribution >= 4 is 79.4 Å². The second kappa shape index (κ2) is 15.6. The summed E-state index contributed by atoms with van der Waals surface area (Å²) in [6.07, 6.45) is 0.745. The number of aromatic nitrogens is 2. The largest absolute Gasteiger partial charge is 0.416 e. The van der Waals surface area contributed by atoms with Gasteiger partial charge in [-0.05, 0) is 112 Å². The molecule has 0 bridgehead atoms. The summed E-state index contributed by atoms with van der Waals surface area (Å²) < 4.78 is 71.7. The van der Waals surface area contributed by atoms with Crippen LogP contribution in [0.4, 0.5) is 24.5 Å². The maximum atomic E-state index is 13.7.